The summed E-state index contributed by atoms with van der Waals surface area (Å²) in [5.74, 6) is -0.500. The molecular weight excluding hydrogens is 352 g/mol. The molecule has 3 rings (SSSR count). The highest BCUT2D eigenvalue weighted by molar-refractivity contribution is 6.34. The molecule has 1 aromatic heterocycles. The molecule has 0 radical (unpaired) electrons. The Bertz CT molecular complexity index is 901. The molecule has 2 aromatic carbocycles. The van der Waals surface area contributed by atoms with Crippen LogP contribution in [0.2, 0.25) is 10.0 Å². The van der Waals surface area contributed by atoms with Gasteiger partial charge in [0.15, 0.2) is 5.82 Å². The lowest BCUT2D eigenvalue weighted by molar-refractivity contribution is 0.102. The normalized spacial score (nSPS) is 10.5. The topological polar surface area (TPSA) is 54.9 Å². The van der Waals surface area contributed by atoms with Crippen LogP contribution in [0.5, 0.6) is 0 Å². The van der Waals surface area contributed by atoms with E-state index in [4.69, 9.17) is 23.2 Å². The van der Waals surface area contributed by atoms with Crippen LogP contribution >= 0.6 is 23.2 Å². The zero-order valence-corrected chi connectivity index (χ0v) is 13.6. The molecule has 7 heteroatoms. The van der Waals surface area contributed by atoms with Crippen molar-refractivity contribution in [3.63, 3.8) is 0 Å². The van der Waals surface area contributed by atoms with Crippen LogP contribution in [-0.2, 0) is 0 Å². The number of halogens is 3. The van der Waals surface area contributed by atoms with Crippen molar-refractivity contribution in [2.75, 3.05) is 5.32 Å². The van der Waals surface area contributed by atoms with Crippen LogP contribution < -0.4 is 5.32 Å². The molecule has 0 bridgehead atoms. The highest BCUT2D eigenvalue weighted by atomic mass is 35.5. The molecule has 3 aromatic rings. The van der Waals surface area contributed by atoms with Crippen LogP contribution in [0.4, 0.5) is 10.1 Å². The summed E-state index contributed by atoms with van der Waals surface area (Å²) in [6.07, 6.45) is 2.94. The Morgan fingerprint density at radius 2 is 1.79 bits per heavy atom. The van der Waals surface area contributed by atoms with Crippen molar-refractivity contribution in [3.05, 3.63) is 76.3 Å². The fraction of sp³-hybridized carbons (Fsp3) is 0. The lowest BCUT2D eigenvalue weighted by atomic mass is 10.2. The van der Waals surface area contributed by atoms with Crippen molar-refractivity contribution in [2.45, 2.75) is 0 Å². The second-order valence-electron chi connectivity index (χ2n) is 4.88. The average Bonchev–Trinajstić information content (AvgIpc) is 2.55. The van der Waals surface area contributed by atoms with Crippen LogP contribution in [0.1, 0.15) is 10.4 Å². The van der Waals surface area contributed by atoms with E-state index in [9.17, 15) is 9.18 Å². The second kappa shape index (κ2) is 6.95. The maximum atomic E-state index is 13.0. The molecule has 24 heavy (non-hydrogen) atoms. The van der Waals surface area contributed by atoms with E-state index in [0.717, 1.165) is 11.6 Å². The second-order valence-corrected chi connectivity index (χ2v) is 5.73. The first-order valence-electron chi connectivity index (χ1n) is 6.87. The van der Waals surface area contributed by atoms with Crippen LogP contribution in [-0.4, -0.2) is 15.9 Å². The molecular formula is C17H10Cl2FN3O. The first kappa shape index (κ1) is 16.4. The number of carbonyl (C=O) groups is 1. The van der Waals surface area contributed by atoms with E-state index in [2.05, 4.69) is 15.3 Å². The number of nitrogens with zero attached hydrogens (tertiary/aromatic N) is 2. The van der Waals surface area contributed by atoms with Gasteiger partial charge in [-0.05, 0) is 30.3 Å². The van der Waals surface area contributed by atoms with E-state index in [1.54, 1.807) is 18.2 Å². The van der Waals surface area contributed by atoms with Crippen LogP contribution in [0, 0.1) is 5.82 Å². The molecule has 120 valence electrons. The molecule has 0 spiro atoms. The molecule has 0 atom stereocenters. The van der Waals surface area contributed by atoms with Gasteiger partial charge in [0, 0.05) is 10.6 Å². The third-order valence-electron chi connectivity index (χ3n) is 3.17. The fourth-order valence-corrected chi connectivity index (χ4v) is 2.48. The van der Waals surface area contributed by atoms with Crippen LogP contribution in [0.25, 0.3) is 11.4 Å². The smallest absolute Gasteiger partial charge is 0.257 e. The Labute approximate surface area is 147 Å². The Morgan fingerprint density at radius 1 is 1.04 bits per heavy atom. The average molecular weight is 362 g/mol. The van der Waals surface area contributed by atoms with E-state index < -0.39 is 11.7 Å². The quantitative estimate of drug-likeness (QED) is 0.725. The summed E-state index contributed by atoms with van der Waals surface area (Å²) in [7, 11) is 0. The predicted octanol–water partition coefficient (Wildman–Crippen LogP) is 4.84. The zero-order chi connectivity index (χ0) is 17.1. The maximum absolute atomic E-state index is 13.0. The van der Waals surface area contributed by atoms with Gasteiger partial charge in [-0.1, -0.05) is 35.3 Å². The Hall–Kier alpha value is -2.50. The van der Waals surface area contributed by atoms with Crippen molar-refractivity contribution in [1.82, 2.24) is 9.97 Å². The monoisotopic (exact) mass is 361 g/mol. The Kier molecular flexibility index (Phi) is 4.74. The van der Waals surface area contributed by atoms with Crippen LogP contribution in [0.3, 0.4) is 0 Å². The molecule has 0 saturated carbocycles. The van der Waals surface area contributed by atoms with Crippen molar-refractivity contribution in [3.8, 4) is 11.4 Å². The number of aromatic nitrogens is 2. The Balaban J connectivity index is 1.78. The lowest BCUT2D eigenvalue weighted by Crippen LogP contribution is -2.13. The molecule has 0 aliphatic heterocycles. The van der Waals surface area contributed by atoms with Gasteiger partial charge in [-0.15, -0.1) is 0 Å². The molecule has 1 N–H and O–H groups in total. The number of benzene rings is 2. The minimum Gasteiger partial charge on any atom is -0.319 e. The van der Waals surface area contributed by atoms with Crippen molar-refractivity contribution in [2.24, 2.45) is 0 Å². The number of amides is 1. The Morgan fingerprint density at radius 3 is 2.46 bits per heavy atom. The third-order valence-corrected chi connectivity index (χ3v) is 3.72. The van der Waals surface area contributed by atoms with E-state index in [0.29, 0.717) is 16.5 Å². The molecule has 0 unspecified atom stereocenters. The maximum Gasteiger partial charge on any atom is 0.257 e. The molecule has 1 amide bonds. The summed E-state index contributed by atoms with van der Waals surface area (Å²) in [6, 6.07) is 10.7. The predicted molar refractivity (Wildman–Crippen MR) is 91.8 cm³/mol. The van der Waals surface area contributed by atoms with Gasteiger partial charge in [0.1, 0.15) is 5.82 Å². The van der Waals surface area contributed by atoms with Gasteiger partial charge in [0.25, 0.3) is 5.91 Å². The van der Waals surface area contributed by atoms with Crippen molar-refractivity contribution < 1.29 is 9.18 Å². The first-order chi connectivity index (χ1) is 11.5. The zero-order valence-electron chi connectivity index (χ0n) is 12.1. The molecule has 4 nitrogen and oxygen atoms in total. The summed E-state index contributed by atoms with van der Waals surface area (Å²) in [5.41, 5.74) is 1.32. The van der Waals surface area contributed by atoms with E-state index in [-0.39, 0.29) is 10.6 Å². The lowest BCUT2D eigenvalue weighted by Gasteiger charge is -2.07. The number of nitrogens with one attached hydrogen (secondary N) is 1. The largest absolute Gasteiger partial charge is 0.319 e. The summed E-state index contributed by atoms with van der Waals surface area (Å²) < 4.78 is 13.0. The summed E-state index contributed by atoms with van der Waals surface area (Å²) >= 11 is 11.8. The van der Waals surface area contributed by atoms with E-state index >= 15 is 0 Å². The standard InChI is InChI=1S/C17H10Cl2FN3O/c18-11-3-1-2-10(6-11)16-21-8-13(9-22-16)23-17(24)14-5-4-12(20)7-15(14)19/h1-9H,(H,23,24). The number of hydrogen-bond donors (Lipinski definition) is 1. The number of carbonyl (C=O) groups excluding carboxylic acids is 1. The minimum atomic E-state index is -0.509. The molecule has 0 aliphatic carbocycles. The van der Waals surface area contributed by atoms with Crippen molar-refractivity contribution in [1.29, 1.82) is 0 Å². The van der Waals surface area contributed by atoms with Gasteiger partial charge in [-0.3, -0.25) is 4.79 Å². The summed E-state index contributed by atoms with van der Waals surface area (Å²) in [6.45, 7) is 0. The van der Waals surface area contributed by atoms with E-state index in [1.807, 2.05) is 6.07 Å². The molecule has 0 fully saturated rings. The van der Waals surface area contributed by atoms with E-state index in [1.165, 1.54) is 24.5 Å². The van der Waals surface area contributed by atoms with Gasteiger partial charge < -0.3 is 5.32 Å². The fourth-order valence-electron chi connectivity index (χ4n) is 2.04. The van der Waals surface area contributed by atoms with Gasteiger partial charge in [0.2, 0.25) is 0 Å². The SMILES string of the molecule is O=C(Nc1cnc(-c2cccc(Cl)c2)nc1)c1ccc(F)cc1Cl. The highest BCUT2D eigenvalue weighted by Crippen LogP contribution is 2.21. The number of hydrogen-bond acceptors (Lipinski definition) is 3. The number of rotatable bonds is 3. The number of anilines is 1. The van der Waals surface area contributed by atoms with Gasteiger partial charge in [-0.25, -0.2) is 14.4 Å². The van der Waals surface area contributed by atoms with Gasteiger partial charge in [-0.2, -0.15) is 0 Å². The first-order valence-corrected chi connectivity index (χ1v) is 7.63. The highest BCUT2D eigenvalue weighted by Gasteiger charge is 2.12. The van der Waals surface area contributed by atoms with Crippen LogP contribution in [0.15, 0.2) is 54.9 Å². The van der Waals surface area contributed by atoms with Crippen molar-refractivity contribution >= 4 is 34.8 Å². The minimum absolute atomic E-state index is 0.0314. The van der Waals surface area contributed by atoms with Gasteiger partial charge >= 0.3 is 0 Å². The van der Waals surface area contributed by atoms with Gasteiger partial charge in [0.05, 0.1) is 28.7 Å². The summed E-state index contributed by atoms with van der Waals surface area (Å²) in [4.78, 5) is 20.5. The summed E-state index contributed by atoms with van der Waals surface area (Å²) in [5, 5.41) is 3.23. The molecule has 0 saturated heterocycles. The molecule has 0 aliphatic rings. The third kappa shape index (κ3) is 3.69. The molecule has 1 heterocycles.